The molecule has 0 aliphatic heterocycles. The Labute approximate surface area is 85.6 Å². The largest absolute Gasteiger partial charge is 0.466 e. The molecule has 0 bridgehead atoms. The van der Waals surface area contributed by atoms with E-state index in [0.717, 1.165) is 6.42 Å². The monoisotopic (exact) mass is 206 g/mol. The van der Waals surface area contributed by atoms with Crippen LogP contribution < -0.4 is 0 Å². The van der Waals surface area contributed by atoms with Crippen molar-refractivity contribution in [1.29, 1.82) is 0 Å². The minimum Gasteiger partial charge on any atom is -0.466 e. The third-order valence-corrected chi connectivity index (χ3v) is 1.67. The van der Waals surface area contributed by atoms with Crippen molar-refractivity contribution in [3.05, 3.63) is 0 Å². The summed E-state index contributed by atoms with van der Waals surface area (Å²) >= 11 is 5.70. The topological polar surface area (TPSA) is 26.3 Å². The smallest absolute Gasteiger partial charge is 0.306 e. The highest BCUT2D eigenvalue weighted by Crippen LogP contribution is 2.18. The molecule has 0 rings (SSSR count). The van der Waals surface area contributed by atoms with Crippen molar-refractivity contribution in [3.63, 3.8) is 0 Å². The lowest BCUT2D eigenvalue weighted by Gasteiger charge is -2.16. The first-order chi connectivity index (χ1) is 5.81. The molecule has 0 aromatic carbocycles. The quantitative estimate of drug-likeness (QED) is 0.522. The fraction of sp³-hybridized carbons (Fsp3) is 0.900. The maximum absolute atomic E-state index is 11.2. The fourth-order valence-corrected chi connectivity index (χ4v) is 0.908. The van der Waals surface area contributed by atoms with Crippen molar-refractivity contribution >= 4 is 17.6 Å². The standard InChI is InChI=1S/C10H19ClO2/c1-8(11)5-6-13-9(12)7-10(2,3)4/h8H,5-7H2,1-4H3. The van der Waals surface area contributed by atoms with Gasteiger partial charge in [0.2, 0.25) is 0 Å². The normalized spacial score (nSPS) is 13.9. The number of carbonyl (C=O) groups is 1. The van der Waals surface area contributed by atoms with Crippen molar-refractivity contribution < 1.29 is 9.53 Å². The molecule has 1 unspecified atom stereocenters. The molecule has 0 spiro atoms. The molecule has 0 aliphatic carbocycles. The van der Waals surface area contributed by atoms with Gasteiger partial charge in [0.1, 0.15) is 0 Å². The Morgan fingerprint density at radius 2 is 2.00 bits per heavy atom. The molecular formula is C10H19ClO2. The van der Waals surface area contributed by atoms with Crippen LogP contribution in [-0.4, -0.2) is 18.0 Å². The van der Waals surface area contributed by atoms with Crippen LogP contribution >= 0.6 is 11.6 Å². The summed E-state index contributed by atoms with van der Waals surface area (Å²) in [7, 11) is 0. The molecule has 0 radical (unpaired) electrons. The van der Waals surface area contributed by atoms with Crippen molar-refractivity contribution in [1.82, 2.24) is 0 Å². The molecule has 2 nitrogen and oxygen atoms in total. The Morgan fingerprint density at radius 1 is 1.46 bits per heavy atom. The van der Waals surface area contributed by atoms with Gasteiger partial charge in [-0.15, -0.1) is 11.6 Å². The molecule has 0 amide bonds. The van der Waals surface area contributed by atoms with Gasteiger partial charge in [-0.25, -0.2) is 0 Å². The Bertz CT molecular complexity index is 159. The second kappa shape index (κ2) is 5.48. The van der Waals surface area contributed by atoms with Crippen LogP contribution in [0.25, 0.3) is 0 Å². The maximum atomic E-state index is 11.2. The van der Waals surface area contributed by atoms with E-state index in [1.807, 2.05) is 27.7 Å². The Hall–Kier alpha value is -0.240. The summed E-state index contributed by atoms with van der Waals surface area (Å²) in [6.07, 6.45) is 1.18. The molecule has 13 heavy (non-hydrogen) atoms. The summed E-state index contributed by atoms with van der Waals surface area (Å²) in [5.41, 5.74) is 0.00363. The summed E-state index contributed by atoms with van der Waals surface area (Å²) in [5, 5.41) is 0.0717. The van der Waals surface area contributed by atoms with Crippen molar-refractivity contribution in [3.8, 4) is 0 Å². The van der Waals surface area contributed by atoms with Crippen LogP contribution in [-0.2, 0) is 9.53 Å². The van der Waals surface area contributed by atoms with Gasteiger partial charge in [0, 0.05) is 5.38 Å². The zero-order valence-corrected chi connectivity index (χ0v) is 9.65. The van der Waals surface area contributed by atoms with Gasteiger partial charge in [0.15, 0.2) is 0 Å². The zero-order valence-electron chi connectivity index (χ0n) is 8.89. The summed E-state index contributed by atoms with van der Waals surface area (Å²) in [4.78, 5) is 11.2. The average molecular weight is 207 g/mol. The average Bonchev–Trinajstić information content (AvgIpc) is 1.81. The third kappa shape index (κ3) is 9.68. The van der Waals surface area contributed by atoms with Crippen molar-refractivity contribution in [2.75, 3.05) is 6.61 Å². The highest BCUT2D eigenvalue weighted by molar-refractivity contribution is 6.20. The first-order valence-electron chi connectivity index (χ1n) is 4.61. The van der Waals surface area contributed by atoms with Crippen molar-refractivity contribution in [2.45, 2.75) is 45.9 Å². The van der Waals surface area contributed by atoms with Crippen LogP contribution in [0.1, 0.15) is 40.5 Å². The lowest BCUT2D eigenvalue weighted by atomic mass is 9.92. The minimum absolute atomic E-state index is 0.00363. The summed E-state index contributed by atoms with van der Waals surface area (Å²) in [6.45, 7) is 8.36. The lowest BCUT2D eigenvalue weighted by molar-refractivity contribution is -0.145. The second-order valence-corrected chi connectivity index (χ2v) is 5.27. The van der Waals surface area contributed by atoms with Gasteiger partial charge < -0.3 is 4.74 Å². The molecule has 0 saturated carbocycles. The van der Waals surface area contributed by atoms with Crippen LogP contribution in [0.2, 0.25) is 0 Å². The highest BCUT2D eigenvalue weighted by Gasteiger charge is 2.16. The third-order valence-electron chi connectivity index (χ3n) is 1.45. The van der Waals surface area contributed by atoms with Gasteiger partial charge in [-0.2, -0.15) is 0 Å². The van der Waals surface area contributed by atoms with Crippen LogP contribution in [0.4, 0.5) is 0 Å². The number of esters is 1. The van der Waals surface area contributed by atoms with E-state index >= 15 is 0 Å². The van der Waals surface area contributed by atoms with Crippen molar-refractivity contribution in [2.24, 2.45) is 5.41 Å². The SMILES string of the molecule is CC(Cl)CCOC(=O)CC(C)(C)C. The Kier molecular flexibility index (Phi) is 5.38. The van der Waals surface area contributed by atoms with E-state index in [4.69, 9.17) is 16.3 Å². The first-order valence-corrected chi connectivity index (χ1v) is 5.04. The van der Waals surface area contributed by atoms with E-state index in [2.05, 4.69) is 0 Å². The molecule has 0 aromatic heterocycles. The summed E-state index contributed by atoms with van der Waals surface area (Å²) < 4.78 is 5.01. The summed E-state index contributed by atoms with van der Waals surface area (Å²) in [6, 6.07) is 0. The minimum atomic E-state index is -0.134. The molecule has 3 heteroatoms. The van der Waals surface area contributed by atoms with Gasteiger partial charge >= 0.3 is 5.97 Å². The molecule has 0 aliphatic rings. The number of ether oxygens (including phenoxy) is 1. The number of halogens is 1. The van der Waals surface area contributed by atoms with E-state index in [1.54, 1.807) is 0 Å². The lowest BCUT2D eigenvalue weighted by Crippen LogP contribution is -2.16. The number of rotatable bonds is 4. The van der Waals surface area contributed by atoms with Crippen LogP contribution in [0.5, 0.6) is 0 Å². The highest BCUT2D eigenvalue weighted by atomic mass is 35.5. The van der Waals surface area contributed by atoms with E-state index < -0.39 is 0 Å². The van der Waals surface area contributed by atoms with Gasteiger partial charge in [0.05, 0.1) is 13.0 Å². The molecule has 0 aromatic rings. The Balaban J connectivity index is 3.53. The van der Waals surface area contributed by atoms with E-state index in [-0.39, 0.29) is 16.8 Å². The van der Waals surface area contributed by atoms with E-state index in [1.165, 1.54) is 0 Å². The van der Waals surface area contributed by atoms with Crippen LogP contribution in [0, 0.1) is 5.41 Å². The van der Waals surface area contributed by atoms with Gasteiger partial charge in [0.25, 0.3) is 0 Å². The predicted octanol–water partition coefficient (Wildman–Crippen LogP) is 2.98. The first kappa shape index (κ1) is 12.8. The van der Waals surface area contributed by atoms with Gasteiger partial charge in [-0.3, -0.25) is 4.79 Å². The number of hydrogen-bond acceptors (Lipinski definition) is 2. The zero-order chi connectivity index (χ0) is 10.5. The predicted molar refractivity (Wildman–Crippen MR) is 55.0 cm³/mol. The second-order valence-electron chi connectivity index (χ2n) is 4.53. The molecular weight excluding hydrogens is 188 g/mol. The molecule has 0 heterocycles. The number of hydrogen-bond donors (Lipinski definition) is 0. The van der Waals surface area contributed by atoms with Crippen LogP contribution in [0.3, 0.4) is 0 Å². The summed E-state index contributed by atoms with van der Waals surface area (Å²) in [5.74, 6) is -0.134. The van der Waals surface area contributed by atoms with Gasteiger partial charge in [-0.05, 0) is 18.8 Å². The Morgan fingerprint density at radius 3 is 2.38 bits per heavy atom. The van der Waals surface area contributed by atoms with Crippen LogP contribution in [0.15, 0.2) is 0 Å². The maximum Gasteiger partial charge on any atom is 0.306 e. The fourth-order valence-electron chi connectivity index (χ4n) is 0.819. The number of alkyl halides is 1. The molecule has 0 saturated heterocycles. The van der Waals surface area contributed by atoms with E-state index in [9.17, 15) is 4.79 Å². The molecule has 0 fully saturated rings. The van der Waals surface area contributed by atoms with E-state index in [0.29, 0.717) is 13.0 Å². The molecule has 1 atom stereocenters. The number of carbonyl (C=O) groups excluding carboxylic acids is 1. The van der Waals surface area contributed by atoms with Gasteiger partial charge in [-0.1, -0.05) is 20.8 Å². The molecule has 78 valence electrons. The molecule has 0 N–H and O–H groups in total.